The van der Waals surface area contributed by atoms with E-state index in [1.54, 1.807) is 6.07 Å². The largest absolute Gasteiger partial charge is 0.368 e. The summed E-state index contributed by atoms with van der Waals surface area (Å²) in [5.74, 6) is -0.651. The highest BCUT2D eigenvalue weighted by Gasteiger charge is 2.27. The standard InChI is InChI=1S/C13H16ClFN2O/c14-11-7-10(15)5-4-9(11)8-17-6-2-1-3-12(17)13(16)18/h4-5,7,12H,1-3,6,8H2,(H2,16,18). The Hall–Kier alpha value is -1.13. The Balaban J connectivity index is 2.13. The normalized spacial score (nSPS) is 20.9. The van der Waals surface area contributed by atoms with Crippen LogP contribution in [0.1, 0.15) is 24.8 Å². The Labute approximate surface area is 111 Å². The molecule has 1 unspecified atom stereocenters. The fourth-order valence-corrected chi connectivity index (χ4v) is 2.60. The molecule has 1 saturated heterocycles. The molecule has 18 heavy (non-hydrogen) atoms. The van der Waals surface area contributed by atoms with Crippen LogP contribution >= 0.6 is 11.6 Å². The molecule has 0 aromatic heterocycles. The molecule has 1 heterocycles. The topological polar surface area (TPSA) is 46.3 Å². The van der Waals surface area contributed by atoms with Gasteiger partial charge in [-0.3, -0.25) is 9.69 Å². The number of nitrogens with zero attached hydrogens (tertiary/aromatic N) is 1. The molecule has 0 radical (unpaired) electrons. The summed E-state index contributed by atoms with van der Waals surface area (Å²) in [5.41, 5.74) is 6.23. The van der Waals surface area contributed by atoms with Crippen molar-refractivity contribution in [2.75, 3.05) is 6.54 Å². The number of rotatable bonds is 3. The van der Waals surface area contributed by atoms with Gasteiger partial charge in [-0.05, 0) is 37.1 Å². The monoisotopic (exact) mass is 270 g/mol. The number of primary amides is 1. The highest BCUT2D eigenvalue weighted by atomic mass is 35.5. The van der Waals surface area contributed by atoms with Crippen LogP contribution in [0.3, 0.4) is 0 Å². The van der Waals surface area contributed by atoms with Crippen LogP contribution in [0.2, 0.25) is 5.02 Å². The molecule has 0 saturated carbocycles. The summed E-state index contributed by atoms with van der Waals surface area (Å²) in [6.45, 7) is 1.36. The minimum absolute atomic E-state index is 0.236. The number of benzene rings is 1. The number of nitrogens with two attached hydrogens (primary N) is 1. The SMILES string of the molecule is NC(=O)C1CCCCN1Cc1ccc(F)cc1Cl. The van der Waals surface area contributed by atoms with E-state index in [0.29, 0.717) is 11.6 Å². The zero-order valence-electron chi connectivity index (χ0n) is 10.0. The predicted octanol–water partition coefficient (Wildman–Crippen LogP) is 2.32. The van der Waals surface area contributed by atoms with Crippen molar-refractivity contribution in [2.45, 2.75) is 31.8 Å². The first-order valence-electron chi connectivity index (χ1n) is 6.05. The Bertz CT molecular complexity index is 453. The summed E-state index contributed by atoms with van der Waals surface area (Å²) in [7, 11) is 0. The molecular weight excluding hydrogens is 255 g/mol. The van der Waals surface area contributed by atoms with Gasteiger partial charge in [-0.25, -0.2) is 4.39 Å². The van der Waals surface area contributed by atoms with Crippen molar-refractivity contribution >= 4 is 17.5 Å². The van der Waals surface area contributed by atoms with Gasteiger partial charge >= 0.3 is 0 Å². The second-order valence-electron chi connectivity index (χ2n) is 4.62. The van der Waals surface area contributed by atoms with Crippen LogP contribution in [0.15, 0.2) is 18.2 Å². The highest BCUT2D eigenvalue weighted by Crippen LogP contribution is 2.23. The van der Waals surface area contributed by atoms with Crippen LogP contribution in [0.5, 0.6) is 0 Å². The van der Waals surface area contributed by atoms with Crippen LogP contribution in [-0.2, 0) is 11.3 Å². The molecule has 2 N–H and O–H groups in total. The minimum atomic E-state index is -0.353. The van der Waals surface area contributed by atoms with Crippen LogP contribution in [-0.4, -0.2) is 23.4 Å². The highest BCUT2D eigenvalue weighted by molar-refractivity contribution is 6.31. The molecule has 2 rings (SSSR count). The average Bonchev–Trinajstić information content (AvgIpc) is 2.33. The van der Waals surface area contributed by atoms with E-state index in [1.165, 1.54) is 12.1 Å². The fourth-order valence-electron chi connectivity index (χ4n) is 2.37. The molecule has 98 valence electrons. The number of piperidine rings is 1. The molecule has 3 nitrogen and oxygen atoms in total. The Morgan fingerprint density at radius 1 is 1.50 bits per heavy atom. The first-order valence-corrected chi connectivity index (χ1v) is 6.43. The van der Waals surface area contributed by atoms with E-state index < -0.39 is 0 Å². The van der Waals surface area contributed by atoms with E-state index in [9.17, 15) is 9.18 Å². The number of hydrogen-bond acceptors (Lipinski definition) is 2. The van der Waals surface area contributed by atoms with Crippen LogP contribution < -0.4 is 5.73 Å². The summed E-state index contributed by atoms with van der Waals surface area (Å²) < 4.78 is 13.0. The minimum Gasteiger partial charge on any atom is -0.368 e. The summed E-state index contributed by atoms with van der Waals surface area (Å²) in [4.78, 5) is 13.4. The zero-order chi connectivity index (χ0) is 13.1. The molecule has 5 heteroatoms. The molecule has 0 aliphatic carbocycles. The summed E-state index contributed by atoms with van der Waals surface area (Å²) in [6, 6.07) is 4.09. The Morgan fingerprint density at radius 2 is 2.28 bits per heavy atom. The number of likely N-dealkylation sites (tertiary alicyclic amines) is 1. The number of hydrogen-bond donors (Lipinski definition) is 1. The lowest BCUT2D eigenvalue weighted by molar-refractivity contribution is -0.124. The molecule has 0 spiro atoms. The molecule has 0 bridgehead atoms. The van der Waals surface area contributed by atoms with Crippen molar-refractivity contribution in [1.29, 1.82) is 0 Å². The van der Waals surface area contributed by atoms with Crippen molar-refractivity contribution in [3.63, 3.8) is 0 Å². The van der Waals surface area contributed by atoms with Crippen molar-refractivity contribution in [2.24, 2.45) is 5.73 Å². The second-order valence-corrected chi connectivity index (χ2v) is 5.03. The first-order chi connectivity index (χ1) is 8.58. The van der Waals surface area contributed by atoms with Gasteiger partial charge < -0.3 is 5.73 Å². The summed E-state index contributed by atoms with van der Waals surface area (Å²) >= 11 is 5.99. The van der Waals surface area contributed by atoms with Crippen molar-refractivity contribution in [1.82, 2.24) is 4.90 Å². The van der Waals surface area contributed by atoms with Gasteiger partial charge in [-0.1, -0.05) is 24.1 Å². The van der Waals surface area contributed by atoms with Crippen LogP contribution in [0.25, 0.3) is 0 Å². The van der Waals surface area contributed by atoms with Crippen LogP contribution in [0.4, 0.5) is 4.39 Å². The quantitative estimate of drug-likeness (QED) is 0.916. The molecule has 1 fully saturated rings. The maximum Gasteiger partial charge on any atom is 0.234 e. The third-order valence-electron chi connectivity index (χ3n) is 3.33. The van der Waals surface area contributed by atoms with E-state index >= 15 is 0 Å². The van der Waals surface area contributed by atoms with Gasteiger partial charge in [0.05, 0.1) is 6.04 Å². The lowest BCUT2D eigenvalue weighted by Crippen LogP contribution is -2.47. The zero-order valence-corrected chi connectivity index (χ0v) is 10.8. The lowest BCUT2D eigenvalue weighted by atomic mass is 10.0. The molecule has 1 aliphatic rings. The molecule has 1 aromatic carbocycles. The molecular formula is C13H16ClFN2O. The smallest absolute Gasteiger partial charge is 0.234 e. The van der Waals surface area contributed by atoms with E-state index in [4.69, 9.17) is 17.3 Å². The number of carbonyl (C=O) groups excluding carboxylic acids is 1. The maximum atomic E-state index is 13.0. The van der Waals surface area contributed by atoms with E-state index in [1.807, 2.05) is 4.90 Å². The van der Waals surface area contributed by atoms with Gasteiger partial charge in [-0.2, -0.15) is 0 Å². The van der Waals surface area contributed by atoms with Gasteiger partial charge in [-0.15, -0.1) is 0 Å². The third-order valence-corrected chi connectivity index (χ3v) is 3.68. The van der Waals surface area contributed by atoms with Crippen molar-refractivity contribution < 1.29 is 9.18 Å². The Kier molecular flexibility index (Phi) is 4.19. The van der Waals surface area contributed by atoms with E-state index in [-0.39, 0.29) is 17.8 Å². The predicted molar refractivity (Wildman–Crippen MR) is 68.7 cm³/mol. The maximum absolute atomic E-state index is 13.0. The number of carbonyl (C=O) groups is 1. The summed E-state index contributed by atoms with van der Waals surface area (Å²) in [6.07, 6.45) is 2.85. The average molecular weight is 271 g/mol. The molecule has 1 atom stereocenters. The molecule has 1 aromatic rings. The number of amides is 1. The van der Waals surface area contributed by atoms with Crippen LogP contribution in [0, 0.1) is 5.82 Å². The van der Waals surface area contributed by atoms with E-state index in [2.05, 4.69) is 0 Å². The first kappa shape index (κ1) is 13.3. The number of halogens is 2. The van der Waals surface area contributed by atoms with Gasteiger partial charge in [0.15, 0.2) is 0 Å². The van der Waals surface area contributed by atoms with Crippen molar-refractivity contribution in [3.05, 3.63) is 34.6 Å². The van der Waals surface area contributed by atoms with Gasteiger partial charge in [0.2, 0.25) is 5.91 Å². The third kappa shape index (κ3) is 3.00. The lowest BCUT2D eigenvalue weighted by Gasteiger charge is -2.33. The summed E-state index contributed by atoms with van der Waals surface area (Å²) in [5, 5.41) is 0.392. The van der Waals surface area contributed by atoms with Gasteiger partial charge in [0, 0.05) is 11.6 Å². The van der Waals surface area contributed by atoms with E-state index in [0.717, 1.165) is 31.4 Å². The molecule has 1 aliphatic heterocycles. The fraction of sp³-hybridized carbons (Fsp3) is 0.462. The second kappa shape index (κ2) is 5.67. The Morgan fingerprint density at radius 3 is 2.94 bits per heavy atom. The van der Waals surface area contributed by atoms with Gasteiger partial charge in [0.1, 0.15) is 5.82 Å². The van der Waals surface area contributed by atoms with Crippen molar-refractivity contribution in [3.8, 4) is 0 Å². The molecule has 1 amide bonds. The van der Waals surface area contributed by atoms with Gasteiger partial charge in [0.25, 0.3) is 0 Å².